The van der Waals surface area contributed by atoms with Crippen molar-refractivity contribution >= 4 is 21.1 Å². The second-order valence-electron chi connectivity index (χ2n) is 8.98. The molecule has 1 N–H and O–H groups in total. The Labute approximate surface area is 197 Å². The van der Waals surface area contributed by atoms with E-state index in [1.165, 1.54) is 4.31 Å². The number of aromatic nitrogens is 4. The van der Waals surface area contributed by atoms with Crippen molar-refractivity contribution in [3.63, 3.8) is 0 Å². The lowest BCUT2D eigenvalue weighted by atomic mass is 10.1. The fourth-order valence-corrected chi connectivity index (χ4v) is 6.10. The molecule has 1 saturated heterocycles. The van der Waals surface area contributed by atoms with E-state index in [1.54, 1.807) is 36.0 Å². The van der Waals surface area contributed by atoms with E-state index in [-0.39, 0.29) is 16.3 Å². The Bertz CT molecular complexity index is 1420. The summed E-state index contributed by atoms with van der Waals surface area (Å²) in [7, 11) is 1.75. The van der Waals surface area contributed by atoms with Gasteiger partial charge in [0.25, 0.3) is 5.56 Å². The maximum absolute atomic E-state index is 13.5. The van der Waals surface area contributed by atoms with Crippen LogP contribution in [0.15, 0.2) is 21.8 Å². The molecule has 11 nitrogen and oxygen atoms in total. The number of fused-ring (bicyclic) bond motifs is 2. The molecule has 0 bridgehead atoms. The molecule has 4 heterocycles. The predicted molar refractivity (Wildman–Crippen MR) is 127 cm³/mol. The SMILES string of the molecule is CCCc1nn(C)c2c(=O)[nH]c(-c3cc(S(=O)(=O)N4CCN(C)CC4)cc4c3ON(C)C4)nc12. The molecule has 12 heteroatoms. The Balaban J connectivity index is 1.68. The second-order valence-corrected chi connectivity index (χ2v) is 10.9. The average Bonchev–Trinajstić information content (AvgIpc) is 3.32. The number of nitrogens with one attached hydrogen (secondary N) is 1. The van der Waals surface area contributed by atoms with Crippen LogP contribution in [0.2, 0.25) is 0 Å². The van der Waals surface area contributed by atoms with E-state index in [9.17, 15) is 13.2 Å². The Hall–Kier alpha value is -2.80. The van der Waals surface area contributed by atoms with Crippen molar-refractivity contribution < 1.29 is 13.3 Å². The molecule has 2 aliphatic heterocycles. The number of rotatable bonds is 5. The number of benzene rings is 1. The number of hydrogen-bond acceptors (Lipinski definition) is 8. The second kappa shape index (κ2) is 8.45. The van der Waals surface area contributed by atoms with Crippen LogP contribution in [0.4, 0.5) is 0 Å². The molecule has 2 aliphatic rings. The summed E-state index contributed by atoms with van der Waals surface area (Å²) in [5.41, 5.74) is 2.50. The molecule has 34 heavy (non-hydrogen) atoms. The van der Waals surface area contributed by atoms with Gasteiger partial charge < -0.3 is 14.7 Å². The maximum Gasteiger partial charge on any atom is 0.277 e. The van der Waals surface area contributed by atoms with Crippen molar-refractivity contribution in [2.75, 3.05) is 40.3 Å². The first-order valence-corrected chi connectivity index (χ1v) is 12.8. The van der Waals surface area contributed by atoms with Crippen LogP contribution < -0.4 is 10.4 Å². The maximum atomic E-state index is 13.5. The first-order chi connectivity index (χ1) is 16.2. The number of aryl methyl sites for hydroxylation is 2. The topological polar surface area (TPSA) is 117 Å². The molecule has 0 spiro atoms. The zero-order valence-corrected chi connectivity index (χ0v) is 20.6. The fourth-order valence-electron chi connectivity index (χ4n) is 4.59. The Morgan fingerprint density at radius 3 is 2.56 bits per heavy atom. The van der Waals surface area contributed by atoms with Gasteiger partial charge in [-0.25, -0.2) is 13.4 Å². The van der Waals surface area contributed by atoms with Crippen LogP contribution >= 0.6 is 0 Å². The van der Waals surface area contributed by atoms with Crippen molar-refractivity contribution in [2.45, 2.75) is 31.2 Å². The van der Waals surface area contributed by atoms with Crippen LogP contribution in [0.1, 0.15) is 24.6 Å². The highest BCUT2D eigenvalue weighted by molar-refractivity contribution is 7.89. The molecule has 0 saturated carbocycles. The highest BCUT2D eigenvalue weighted by Gasteiger charge is 2.32. The van der Waals surface area contributed by atoms with E-state index in [0.29, 0.717) is 61.5 Å². The van der Waals surface area contributed by atoms with Crippen molar-refractivity contribution in [1.82, 2.24) is 34.0 Å². The number of aromatic amines is 1. The number of likely N-dealkylation sites (N-methyl/N-ethyl adjacent to an activating group) is 1. The molecular formula is C22H29N7O4S. The molecule has 182 valence electrons. The summed E-state index contributed by atoms with van der Waals surface area (Å²) in [4.78, 5) is 28.7. The van der Waals surface area contributed by atoms with E-state index in [0.717, 1.165) is 17.7 Å². The molecule has 1 fully saturated rings. The summed E-state index contributed by atoms with van der Waals surface area (Å²) < 4.78 is 30.1. The summed E-state index contributed by atoms with van der Waals surface area (Å²) in [6.07, 6.45) is 1.54. The zero-order chi connectivity index (χ0) is 24.2. The molecule has 0 unspecified atom stereocenters. The number of H-pyrrole nitrogens is 1. The number of sulfonamides is 1. The van der Waals surface area contributed by atoms with Gasteiger partial charge in [-0.05, 0) is 25.6 Å². The van der Waals surface area contributed by atoms with Gasteiger partial charge in [0.05, 0.1) is 22.7 Å². The third-order valence-electron chi connectivity index (χ3n) is 6.38. The van der Waals surface area contributed by atoms with E-state index >= 15 is 0 Å². The van der Waals surface area contributed by atoms with Crippen LogP contribution in [-0.4, -0.2) is 82.7 Å². The largest absolute Gasteiger partial charge is 0.405 e. The van der Waals surface area contributed by atoms with Gasteiger partial charge >= 0.3 is 0 Å². The number of piperazine rings is 1. The summed E-state index contributed by atoms with van der Waals surface area (Å²) >= 11 is 0. The first kappa shape index (κ1) is 23.0. The minimum absolute atomic E-state index is 0.174. The highest BCUT2D eigenvalue weighted by Crippen LogP contribution is 2.39. The van der Waals surface area contributed by atoms with Gasteiger partial charge in [0, 0.05) is 45.8 Å². The van der Waals surface area contributed by atoms with Gasteiger partial charge in [0.15, 0.2) is 11.3 Å². The number of hydroxylamine groups is 2. The van der Waals surface area contributed by atoms with Crippen LogP contribution in [0.25, 0.3) is 22.4 Å². The standard InChI is InChI=1S/C22H29N7O4S/c1-5-6-17-18-19(28(4)25-17)22(30)24-21(23-18)16-12-15(11-14-13-27(3)33-20(14)16)34(31,32)29-9-7-26(2)8-10-29/h11-12H,5-10,13H2,1-4H3,(H,23,24,30). The van der Waals surface area contributed by atoms with Crippen LogP contribution in [0.5, 0.6) is 5.75 Å². The summed E-state index contributed by atoms with van der Waals surface area (Å²) in [6, 6.07) is 3.23. The van der Waals surface area contributed by atoms with E-state index in [2.05, 4.69) is 15.0 Å². The Kier molecular flexibility index (Phi) is 5.71. The van der Waals surface area contributed by atoms with Crippen LogP contribution in [-0.2, 0) is 30.0 Å². The molecule has 5 rings (SSSR count). The third-order valence-corrected chi connectivity index (χ3v) is 8.26. The van der Waals surface area contributed by atoms with Crippen molar-refractivity contribution in [1.29, 1.82) is 0 Å². The van der Waals surface area contributed by atoms with Crippen LogP contribution in [0, 0.1) is 0 Å². The first-order valence-electron chi connectivity index (χ1n) is 11.4. The molecule has 0 radical (unpaired) electrons. The van der Waals surface area contributed by atoms with E-state index in [1.807, 2.05) is 14.0 Å². The van der Waals surface area contributed by atoms with Crippen molar-refractivity contribution in [2.24, 2.45) is 7.05 Å². The quantitative estimate of drug-likeness (QED) is 0.566. The summed E-state index contributed by atoms with van der Waals surface area (Å²) in [6.45, 7) is 4.68. The number of nitrogens with zero attached hydrogens (tertiary/aromatic N) is 6. The average molecular weight is 488 g/mol. The third kappa shape index (κ3) is 3.80. The van der Waals surface area contributed by atoms with E-state index < -0.39 is 10.0 Å². The van der Waals surface area contributed by atoms with Gasteiger partial charge in [0.2, 0.25) is 10.0 Å². The number of hydrogen-bond donors (Lipinski definition) is 1. The molecular weight excluding hydrogens is 458 g/mol. The minimum Gasteiger partial charge on any atom is -0.405 e. The molecule has 3 aromatic rings. The zero-order valence-electron chi connectivity index (χ0n) is 19.8. The van der Waals surface area contributed by atoms with Gasteiger partial charge in [-0.15, -0.1) is 5.06 Å². The van der Waals surface area contributed by atoms with E-state index in [4.69, 9.17) is 9.82 Å². The van der Waals surface area contributed by atoms with Crippen molar-refractivity contribution in [3.8, 4) is 17.1 Å². The molecule has 1 aromatic carbocycles. The molecule has 0 aliphatic carbocycles. The van der Waals surface area contributed by atoms with Gasteiger partial charge in [0.1, 0.15) is 11.3 Å². The Morgan fingerprint density at radius 2 is 1.85 bits per heavy atom. The highest BCUT2D eigenvalue weighted by atomic mass is 32.2. The normalized spacial score (nSPS) is 17.9. The summed E-state index contributed by atoms with van der Waals surface area (Å²) in [5, 5.41) is 6.10. The lowest BCUT2D eigenvalue weighted by molar-refractivity contribution is -0.0132. The Morgan fingerprint density at radius 1 is 1.12 bits per heavy atom. The molecule has 0 atom stereocenters. The predicted octanol–water partition coefficient (Wildman–Crippen LogP) is 0.951. The van der Waals surface area contributed by atoms with Crippen molar-refractivity contribution in [3.05, 3.63) is 33.7 Å². The molecule has 0 amide bonds. The van der Waals surface area contributed by atoms with Gasteiger partial charge in [-0.2, -0.15) is 9.40 Å². The van der Waals surface area contributed by atoms with Gasteiger partial charge in [-0.3, -0.25) is 9.48 Å². The fraction of sp³-hybridized carbons (Fsp3) is 0.500. The molecule has 2 aromatic heterocycles. The smallest absolute Gasteiger partial charge is 0.277 e. The lowest BCUT2D eigenvalue weighted by Gasteiger charge is -2.31. The van der Waals surface area contributed by atoms with Crippen LogP contribution in [0.3, 0.4) is 0 Å². The summed E-state index contributed by atoms with van der Waals surface area (Å²) in [5.74, 6) is 0.771. The van der Waals surface area contributed by atoms with Gasteiger partial charge in [-0.1, -0.05) is 13.3 Å². The minimum atomic E-state index is -3.72. The lowest BCUT2D eigenvalue weighted by Crippen LogP contribution is -2.47. The monoisotopic (exact) mass is 487 g/mol.